The van der Waals surface area contributed by atoms with Crippen LogP contribution in [0.1, 0.15) is 19.4 Å². The van der Waals surface area contributed by atoms with Crippen LogP contribution in [0.4, 0.5) is 10.3 Å². The Labute approximate surface area is 116 Å². The predicted molar refractivity (Wildman–Crippen MR) is 74.3 cm³/mol. The van der Waals surface area contributed by atoms with Crippen molar-refractivity contribution in [3.63, 3.8) is 0 Å². The van der Waals surface area contributed by atoms with Crippen molar-refractivity contribution in [1.29, 1.82) is 0 Å². The minimum absolute atomic E-state index is 0.151. The summed E-state index contributed by atoms with van der Waals surface area (Å²) in [6.45, 7) is 3.59. The summed E-state index contributed by atoms with van der Waals surface area (Å²) >= 11 is 0. The number of halogens is 1. The van der Waals surface area contributed by atoms with E-state index in [9.17, 15) is 4.39 Å². The molecule has 3 rings (SSSR count). The van der Waals surface area contributed by atoms with E-state index < -0.39 is 5.82 Å². The molecule has 6 heteroatoms. The summed E-state index contributed by atoms with van der Waals surface area (Å²) in [7, 11) is 1.45. The lowest BCUT2D eigenvalue weighted by molar-refractivity contribution is 0.176. The number of nitrogens with zero attached hydrogens (tertiary/aromatic N) is 2. The Balaban J connectivity index is 2.11. The lowest BCUT2D eigenvalue weighted by Gasteiger charge is -2.21. The molecular formula is C14H18FN3O2. The molecule has 108 valence electrons. The van der Waals surface area contributed by atoms with Crippen molar-refractivity contribution >= 4 is 17.0 Å². The molecule has 1 aliphatic rings. The molecule has 1 aromatic heterocycles. The van der Waals surface area contributed by atoms with Crippen LogP contribution in [-0.4, -0.2) is 29.9 Å². The minimum atomic E-state index is -0.429. The van der Waals surface area contributed by atoms with E-state index >= 15 is 0 Å². The third kappa shape index (κ3) is 2.00. The van der Waals surface area contributed by atoms with Crippen molar-refractivity contribution in [2.45, 2.75) is 19.4 Å². The van der Waals surface area contributed by atoms with Gasteiger partial charge in [0.2, 0.25) is 5.95 Å². The summed E-state index contributed by atoms with van der Waals surface area (Å²) in [4.78, 5) is 4.25. The number of methoxy groups -OCH3 is 1. The number of nitrogen functional groups attached to an aromatic ring is 1. The normalized spacial score (nSPS) is 20.4. The van der Waals surface area contributed by atoms with Gasteiger partial charge in [-0.3, -0.25) is 0 Å². The van der Waals surface area contributed by atoms with Gasteiger partial charge in [-0.25, -0.2) is 9.37 Å². The fourth-order valence-corrected chi connectivity index (χ4v) is 2.84. The molecule has 2 aromatic rings. The number of rotatable bonds is 3. The number of imidazole rings is 1. The Morgan fingerprint density at radius 3 is 3.00 bits per heavy atom. The van der Waals surface area contributed by atoms with Crippen molar-refractivity contribution < 1.29 is 13.9 Å². The molecule has 0 saturated carbocycles. The first-order valence-electron chi connectivity index (χ1n) is 6.70. The number of hydrogen-bond acceptors (Lipinski definition) is 4. The molecule has 0 amide bonds. The summed E-state index contributed by atoms with van der Waals surface area (Å²) in [6.07, 6.45) is 0.999. The summed E-state index contributed by atoms with van der Waals surface area (Å²) in [5.74, 6) is 0.563. The molecule has 2 unspecified atom stereocenters. The Kier molecular flexibility index (Phi) is 3.25. The van der Waals surface area contributed by atoms with Crippen LogP contribution >= 0.6 is 0 Å². The summed E-state index contributed by atoms with van der Waals surface area (Å²) < 4.78 is 26.1. The zero-order valence-corrected chi connectivity index (χ0v) is 11.6. The Morgan fingerprint density at radius 1 is 1.55 bits per heavy atom. The molecule has 1 fully saturated rings. The van der Waals surface area contributed by atoms with E-state index in [4.69, 9.17) is 15.2 Å². The van der Waals surface area contributed by atoms with Gasteiger partial charge in [0.25, 0.3) is 0 Å². The van der Waals surface area contributed by atoms with Crippen molar-refractivity contribution in [2.24, 2.45) is 5.92 Å². The summed E-state index contributed by atoms with van der Waals surface area (Å²) in [5.41, 5.74) is 7.35. The average Bonchev–Trinajstić information content (AvgIpc) is 3.03. The van der Waals surface area contributed by atoms with E-state index in [0.717, 1.165) is 25.2 Å². The molecule has 0 spiro atoms. The Hall–Kier alpha value is -1.82. The molecule has 0 radical (unpaired) electrons. The first-order valence-corrected chi connectivity index (χ1v) is 6.70. The SMILES string of the molecule is COc1cc2c(cc1F)nc(N)n2C(C)C1CCOC1. The van der Waals surface area contributed by atoms with Gasteiger partial charge in [-0.15, -0.1) is 0 Å². The highest BCUT2D eigenvalue weighted by Crippen LogP contribution is 2.33. The van der Waals surface area contributed by atoms with E-state index in [-0.39, 0.29) is 11.8 Å². The van der Waals surface area contributed by atoms with Gasteiger partial charge in [-0.2, -0.15) is 0 Å². The lowest BCUT2D eigenvalue weighted by atomic mass is 10.0. The van der Waals surface area contributed by atoms with Crippen molar-refractivity contribution in [1.82, 2.24) is 9.55 Å². The third-order valence-corrected chi connectivity index (χ3v) is 4.04. The van der Waals surface area contributed by atoms with Gasteiger partial charge in [0.15, 0.2) is 11.6 Å². The van der Waals surface area contributed by atoms with Gasteiger partial charge in [0, 0.05) is 30.7 Å². The van der Waals surface area contributed by atoms with Crippen LogP contribution in [0.2, 0.25) is 0 Å². The number of nitrogens with two attached hydrogens (primary N) is 1. The molecule has 0 bridgehead atoms. The summed E-state index contributed by atoms with van der Waals surface area (Å²) in [5, 5.41) is 0. The van der Waals surface area contributed by atoms with Crippen LogP contribution in [0.15, 0.2) is 12.1 Å². The van der Waals surface area contributed by atoms with Gasteiger partial charge >= 0.3 is 0 Å². The van der Waals surface area contributed by atoms with Crippen LogP contribution in [0, 0.1) is 11.7 Å². The predicted octanol–water partition coefficient (Wildman–Crippen LogP) is 2.36. The van der Waals surface area contributed by atoms with Gasteiger partial charge in [-0.1, -0.05) is 0 Å². The molecule has 2 N–H and O–H groups in total. The minimum Gasteiger partial charge on any atom is -0.494 e. The lowest BCUT2D eigenvalue weighted by Crippen LogP contribution is -2.18. The fourth-order valence-electron chi connectivity index (χ4n) is 2.84. The second-order valence-electron chi connectivity index (χ2n) is 5.18. The maximum atomic E-state index is 13.7. The fraction of sp³-hybridized carbons (Fsp3) is 0.500. The van der Waals surface area contributed by atoms with E-state index in [1.165, 1.54) is 13.2 Å². The van der Waals surface area contributed by atoms with Gasteiger partial charge < -0.3 is 19.8 Å². The first-order chi connectivity index (χ1) is 9.61. The molecular weight excluding hydrogens is 261 g/mol. The zero-order valence-electron chi connectivity index (χ0n) is 11.6. The monoisotopic (exact) mass is 279 g/mol. The van der Waals surface area contributed by atoms with E-state index in [1.54, 1.807) is 6.07 Å². The molecule has 2 heterocycles. The van der Waals surface area contributed by atoms with E-state index in [0.29, 0.717) is 17.4 Å². The van der Waals surface area contributed by atoms with Crippen LogP contribution < -0.4 is 10.5 Å². The van der Waals surface area contributed by atoms with Crippen LogP contribution in [0.5, 0.6) is 5.75 Å². The Morgan fingerprint density at radius 2 is 2.35 bits per heavy atom. The van der Waals surface area contributed by atoms with E-state index in [2.05, 4.69) is 11.9 Å². The average molecular weight is 279 g/mol. The van der Waals surface area contributed by atoms with Crippen molar-refractivity contribution in [3.05, 3.63) is 17.9 Å². The Bertz CT molecular complexity index is 635. The standard InChI is InChI=1S/C14H18FN3O2/c1-8(9-3-4-20-7-9)18-12-6-13(19-2)10(15)5-11(12)17-14(18)16/h5-6,8-9H,3-4,7H2,1-2H3,(H2,16,17). The molecule has 1 aliphatic heterocycles. The number of aromatic nitrogens is 2. The van der Waals surface area contributed by atoms with Crippen molar-refractivity contribution in [3.8, 4) is 5.75 Å². The highest BCUT2D eigenvalue weighted by Gasteiger charge is 2.26. The second kappa shape index (κ2) is 4.94. The number of hydrogen-bond donors (Lipinski definition) is 1. The molecule has 5 nitrogen and oxygen atoms in total. The number of ether oxygens (including phenoxy) is 2. The third-order valence-electron chi connectivity index (χ3n) is 4.04. The molecule has 2 atom stereocenters. The topological polar surface area (TPSA) is 62.3 Å². The maximum Gasteiger partial charge on any atom is 0.201 e. The van der Waals surface area contributed by atoms with Crippen LogP contribution in [0.3, 0.4) is 0 Å². The molecule has 1 saturated heterocycles. The smallest absolute Gasteiger partial charge is 0.201 e. The first kappa shape index (κ1) is 13.2. The van der Waals surface area contributed by atoms with Crippen molar-refractivity contribution in [2.75, 3.05) is 26.1 Å². The number of fused-ring (bicyclic) bond motifs is 1. The van der Waals surface area contributed by atoms with Gasteiger partial charge in [0.05, 0.1) is 24.8 Å². The largest absolute Gasteiger partial charge is 0.494 e. The van der Waals surface area contributed by atoms with Crippen LogP contribution in [0.25, 0.3) is 11.0 Å². The number of benzene rings is 1. The summed E-state index contributed by atoms with van der Waals surface area (Å²) in [6, 6.07) is 3.16. The number of anilines is 1. The highest BCUT2D eigenvalue weighted by atomic mass is 19.1. The van der Waals surface area contributed by atoms with Gasteiger partial charge in [-0.05, 0) is 13.3 Å². The van der Waals surface area contributed by atoms with Crippen LogP contribution in [-0.2, 0) is 4.74 Å². The van der Waals surface area contributed by atoms with E-state index in [1.807, 2.05) is 4.57 Å². The quantitative estimate of drug-likeness (QED) is 0.937. The zero-order chi connectivity index (χ0) is 14.3. The maximum absolute atomic E-state index is 13.7. The molecule has 1 aromatic carbocycles. The second-order valence-corrected chi connectivity index (χ2v) is 5.18. The highest BCUT2D eigenvalue weighted by molar-refractivity contribution is 5.80. The molecule has 0 aliphatic carbocycles. The molecule has 20 heavy (non-hydrogen) atoms. The van der Waals surface area contributed by atoms with Gasteiger partial charge in [0.1, 0.15) is 0 Å².